The van der Waals surface area contributed by atoms with Crippen molar-refractivity contribution >= 4 is 5.91 Å². The van der Waals surface area contributed by atoms with Gasteiger partial charge in [-0.05, 0) is 50.8 Å². The van der Waals surface area contributed by atoms with Crippen molar-refractivity contribution in [3.63, 3.8) is 0 Å². The molecule has 2 rings (SSSR count). The fraction of sp³-hybridized carbons (Fsp3) is 0.611. The van der Waals surface area contributed by atoms with Gasteiger partial charge in [0.05, 0.1) is 6.42 Å². The molecule has 1 aliphatic rings. The van der Waals surface area contributed by atoms with Crippen LogP contribution in [0.1, 0.15) is 42.4 Å². The molecule has 0 spiro atoms. The van der Waals surface area contributed by atoms with Crippen molar-refractivity contribution in [2.75, 3.05) is 20.1 Å². The Morgan fingerprint density at radius 2 is 2.14 bits per heavy atom. The Bertz CT molecular complexity index is 478. The second-order valence-corrected chi connectivity index (χ2v) is 6.36. The zero-order valence-electron chi connectivity index (χ0n) is 13.6. The van der Waals surface area contributed by atoms with Crippen LogP contribution in [0, 0.1) is 13.8 Å². The number of aryl methyl sites for hydroxylation is 2. The van der Waals surface area contributed by atoms with Crippen LogP contribution in [0.3, 0.4) is 0 Å². The van der Waals surface area contributed by atoms with E-state index < -0.39 is 0 Å². The Hall–Kier alpha value is -1.35. The molecule has 1 saturated heterocycles. The molecule has 116 valence electrons. The highest BCUT2D eigenvalue weighted by Gasteiger charge is 2.16. The van der Waals surface area contributed by atoms with E-state index in [0.29, 0.717) is 12.5 Å². The zero-order valence-corrected chi connectivity index (χ0v) is 13.6. The monoisotopic (exact) mass is 288 g/mol. The van der Waals surface area contributed by atoms with Gasteiger partial charge in [0, 0.05) is 19.6 Å². The Morgan fingerprint density at radius 1 is 1.33 bits per heavy atom. The van der Waals surface area contributed by atoms with E-state index in [0.717, 1.165) is 25.1 Å². The van der Waals surface area contributed by atoms with Crippen LogP contribution >= 0.6 is 0 Å². The number of benzene rings is 1. The lowest BCUT2D eigenvalue weighted by atomic mass is 10.0. The molecule has 1 heterocycles. The normalized spacial score (nSPS) is 18.5. The number of likely N-dealkylation sites (N-methyl/N-ethyl adjacent to an activating group) is 1. The van der Waals surface area contributed by atoms with Gasteiger partial charge in [-0.25, -0.2) is 0 Å². The minimum atomic E-state index is 0.222. The summed E-state index contributed by atoms with van der Waals surface area (Å²) in [6, 6.07) is 6.92. The summed E-state index contributed by atoms with van der Waals surface area (Å²) < 4.78 is 0. The lowest BCUT2D eigenvalue weighted by Gasteiger charge is -2.26. The summed E-state index contributed by atoms with van der Waals surface area (Å²) in [5.74, 6) is 0.222. The van der Waals surface area contributed by atoms with Crippen LogP contribution in [-0.4, -0.2) is 37.0 Å². The third kappa shape index (κ3) is 4.85. The maximum Gasteiger partial charge on any atom is 0.226 e. The van der Waals surface area contributed by atoms with Gasteiger partial charge in [0.1, 0.15) is 0 Å². The van der Waals surface area contributed by atoms with Crippen molar-refractivity contribution in [3.05, 3.63) is 34.9 Å². The number of amides is 1. The van der Waals surface area contributed by atoms with Gasteiger partial charge in [-0.1, -0.05) is 30.2 Å². The first-order valence-electron chi connectivity index (χ1n) is 8.10. The fourth-order valence-electron chi connectivity index (χ4n) is 2.93. The quantitative estimate of drug-likeness (QED) is 0.903. The molecule has 1 amide bonds. The summed E-state index contributed by atoms with van der Waals surface area (Å²) in [7, 11) is 1.93. The topological polar surface area (TPSA) is 32.3 Å². The highest BCUT2D eigenvalue weighted by molar-refractivity contribution is 5.78. The van der Waals surface area contributed by atoms with Crippen LogP contribution in [0.4, 0.5) is 0 Å². The van der Waals surface area contributed by atoms with Crippen LogP contribution in [-0.2, 0) is 11.2 Å². The average molecular weight is 288 g/mol. The summed E-state index contributed by atoms with van der Waals surface area (Å²) in [6.07, 6.45) is 5.44. The zero-order chi connectivity index (χ0) is 15.2. The van der Waals surface area contributed by atoms with Crippen LogP contribution in [0.2, 0.25) is 0 Å². The molecule has 3 nitrogen and oxygen atoms in total. The van der Waals surface area contributed by atoms with Crippen LogP contribution < -0.4 is 5.32 Å². The maximum absolute atomic E-state index is 12.4. The van der Waals surface area contributed by atoms with Crippen molar-refractivity contribution in [3.8, 4) is 0 Å². The molecule has 0 bridgehead atoms. The molecule has 0 radical (unpaired) electrons. The van der Waals surface area contributed by atoms with Crippen molar-refractivity contribution in [1.82, 2.24) is 10.2 Å². The molecule has 0 aliphatic carbocycles. The van der Waals surface area contributed by atoms with E-state index >= 15 is 0 Å². The summed E-state index contributed by atoms with van der Waals surface area (Å²) in [6.45, 7) is 6.13. The smallest absolute Gasteiger partial charge is 0.226 e. The minimum Gasteiger partial charge on any atom is -0.345 e. The standard InChI is InChI=1S/C18H28N2O/c1-14-7-8-15(2)16(12-14)13-18(21)20(3)11-9-17-6-4-5-10-19-17/h7-8,12,17,19H,4-6,9-11,13H2,1-3H3. The van der Waals surface area contributed by atoms with Gasteiger partial charge < -0.3 is 10.2 Å². The second kappa shape index (κ2) is 7.60. The maximum atomic E-state index is 12.4. The Balaban J connectivity index is 1.82. The van der Waals surface area contributed by atoms with Gasteiger partial charge in [0.15, 0.2) is 0 Å². The van der Waals surface area contributed by atoms with E-state index in [1.165, 1.54) is 30.4 Å². The third-order valence-corrected chi connectivity index (χ3v) is 4.50. The number of rotatable bonds is 5. The summed E-state index contributed by atoms with van der Waals surface area (Å²) >= 11 is 0. The molecule has 3 heteroatoms. The first-order chi connectivity index (χ1) is 10.1. The number of nitrogens with one attached hydrogen (secondary N) is 1. The lowest BCUT2D eigenvalue weighted by Crippen LogP contribution is -2.38. The molecular weight excluding hydrogens is 260 g/mol. The molecule has 21 heavy (non-hydrogen) atoms. The first kappa shape index (κ1) is 16.0. The Kier molecular flexibility index (Phi) is 5.80. The van der Waals surface area contributed by atoms with E-state index in [9.17, 15) is 4.79 Å². The minimum absolute atomic E-state index is 0.222. The highest BCUT2D eigenvalue weighted by atomic mass is 16.2. The van der Waals surface area contributed by atoms with Gasteiger partial charge >= 0.3 is 0 Å². The van der Waals surface area contributed by atoms with E-state index in [4.69, 9.17) is 0 Å². The van der Waals surface area contributed by atoms with Crippen LogP contribution in [0.5, 0.6) is 0 Å². The van der Waals surface area contributed by atoms with Crippen molar-refractivity contribution in [2.24, 2.45) is 0 Å². The van der Waals surface area contributed by atoms with Crippen molar-refractivity contribution in [2.45, 2.75) is 52.0 Å². The van der Waals surface area contributed by atoms with Crippen molar-refractivity contribution in [1.29, 1.82) is 0 Å². The Morgan fingerprint density at radius 3 is 2.86 bits per heavy atom. The molecule has 1 aliphatic heterocycles. The molecule has 0 saturated carbocycles. The highest BCUT2D eigenvalue weighted by Crippen LogP contribution is 2.13. The largest absolute Gasteiger partial charge is 0.345 e. The van der Waals surface area contributed by atoms with E-state index in [1.54, 1.807) is 0 Å². The number of hydrogen-bond acceptors (Lipinski definition) is 2. The number of hydrogen-bond donors (Lipinski definition) is 1. The molecule has 1 fully saturated rings. The number of nitrogens with zero attached hydrogens (tertiary/aromatic N) is 1. The predicted molar refractivity (Wildman–Crippen MR) is 87.5 cm³/mol. The van der Waals surface area contributed by atoms with Crippen LogP contribution in [0.25, 0.3) is 0 Å². The lowest BCUT2D eigenvalue weighted by molar-refractivity contribution is -0.129. The molecule has 1 N–H and O–H groups in total. The van der Waals surface area contributed by atoms with Crippen molar-refractivity contribution < 1.29 is 4.79 Å². The molecule has 1 aromatic rings. The van der Waals surface area contributed by atoms with Gasteiger partial charge in [-0.15, -0.1) is 0 Å². The van der Waals surface area contributed by atoms with Gasteiger partial charge in [0.25, 0.3) is 0 Å². The molecular formula is C18H28N2O. The first-order valence-corrected chi connectivity index (χ1v) is 8.10. The van der Waals surface area contributed by atoms with Crippen LogP contribution in [0.15, 0.2) is 18.2 Å². The van der Waals surface area contributed by atoms with Gasteiger partial charge in [-0.3, -0.25) is 4.79 Å². The fourth-order valence-corrected chi connectivity index (χ4v) is 2.93. The molecule has 0 aromatic heterocycles. The number of carbonyl (C=O) groups excluding carboxylic acids is 1. The Labute approximate surface area is 128 Å². The van der Waals surface area contributed by atoms with E-state index in [-0.39, 0.29) is 5.91 Å². The second-order valence-electron chi connectivity index (χ2n) is 6.36. The van der Waals surface area contributed by atoms with Gasteiger partial charge in [0.2, 0.25) is 5.91 Å². The van der Waals surface area contributed by atoms with E-state index in [1.807, 2.05) is 11.9 Å². The summed E-state index contributed by atoms with van der Waals surface area (Å²) in [5.41, 5.74) is 3.58. The van der Waals surface area contributed by atoms with E-state index in [2.05, 4.69) is 37.4 Å². The number of piperidine rings is 1. The number of carbonyl (C=O) groups is 1. The summed E-state index contributed by atoms with van der Waals surface area (Å²) in [5, 5.41) is 3.54. The average Bonchev–Trinajstić information content (AvgIpc) is 2.49. The van der Waals surface area contributed by atoms with Gasteiger partial charge in [-0.2, -0.15) is 0 Å². The predicted octanol–water partition coefficient (Wildman–Crippen LogP) is 2.84. The molecule has 1 atom stereocenters. The molecule has 1 aromatic carbocycles. The third-order valence-electron chi connectivity index (χ3n) is 4.50. The SMILES string of the molecule is Cc1ccc(C)c(CC(=O)N(C)CCC2CCCCN2)c1. The summed E-state index contributed by atoms with van der Waals surface area (Å²) in [4.78, 5) is 14.2. The molecule has 1 unspecified atom stereocenters.